The third-order valence-electron chi connectivity index (χ3n) is 4.19. The Bertz CT molecular complexity index is 742. The molecule has 1 fully saturated rings. The molecule has 3 rings (SSSR count). The fourth-order valence-corrected chi connectivity index (χ4v) is 2.93. The second-order valence-corrected chi connectivity index (χ2v) is 6.17. The number of allylic oxidation sites excluding steroid dienone is 1. The van der Waals surface area contributed by atoms with Crippen molar-refractivity contribution in [2.45, 2.75) is 26.2 Å². The van der Waals surface area contributed by atoms with Gasteiger partial charge in [0.1, 0.15) is 0 Å². The van der Waals surface area contributed by atoms with Crippen molar-refractivity contribution in [2.24, 2.45) is 5.92 Å². The molecule has 2 aromatic heterocycles. The Morgan fingerprint density at radius 1 is 1.26 bits per heavy atom. The molecule has 0 spiro atoms. The standard InChI is InChI=1S/C19H22N4/c1-14(2)19-18(13-22-23-19)4-3-16-10-17(12-21-11-16)9-15-5-7-20-8-6-15/h10-13,15,20H,1,5-9H2,2H3,(H,22,23). The van der Waals surface area contributed by atoms with Gasteiger partial charge in [-0.1, -0.05) is 18.4 Å². The van der Waals surface area contributed by atoms with Gasteiger partial charge in [-0.2, -0.15) is 5.10 Å². The van der Waals surface area contributed by atoms with Gasteiger partial charge in [0.25, 0.3) is 0 Å². The molecule has 4 nitrogen and oxygen atoms in total. The van der Waals surface area contributed by atoms with E-state index in [-0.39, 0.29) is 0 Å². The Morgan fingerprint density at radius 3 is 2.87 bits per heavy atom. The van der Waals surface area contributed by atoms with Crippen molar-refractivity contribution in [2.75, 3.05) is 13.1 Å². The highest BCUT2D eigenvalue weighted by atomic mass is 15.1. The maximum absolute atomic E-state index is 4.35. The summed E-state index contributed by atoms with van der Waals surface area (Å²) in [7, 11) is 0. The SMILES string of the molecule is C=C(C)c1[nH]ncc1C#Cc1cncc(CC2CCNCC2)c1. The van der Waals surface area contributed by atoms with Gasteiger partial charge in [0.15, 0.2) is 0 Å². The number of nitrogens with zero attached hydrogens (tertiary/aromatic N) is 2. The second kappa shape index (κ2) is 7.26. The van der Waals surface area contributed by atoms with Crippen molar-refractivity contribution < 1.29 is 0 Å². The molecular formula is C19H22N4. The normalized spacial score (nSPS) is 15.0. The zero-order valence-corrected chi connectivity index (χ0v) is 13.5. The van der Waals surface area contributed by atoms with Crippen LogP contribution < -0.4 is 5.32 Å². The van der Waals surface area contributed by atoms with E-state index in [0.29, 0.717) is 0 Å². The van der Waals surface area contributed by atoms with E-state index >= 15 is 0 Å². The van der Waals surface area contributed by atoms with E-state index in [9.17, 15) is 0 Å². The van der Waals surface area contributed by atoms with Crippen LogP contribution in [0.15, 0.2) is 31.2 Å². The molecule has 0 radical (unpaired) electrons. The molecule has 4 heteroatoms. The maximum atomic E-state index is 4.35. The zero-order valence-electron chi connectivity index (χ0n) is 13.5. The van der Waals surface area contributed by atoms with E-state index < -0.39 is 0 Å². The number of aromatic nitrogens is 3. The van der Waals surface area contributed by atoms with Crippen molar-refractivity contribution >= 4 is 5.57 Å². The summed E-state index contributed by atoms with van der Waals surface area (Å²) in [6.45, 7) is 8.13. The van der Waals surface area contributed by atoms with E-state index in [4.69, 9.17) is 0 Å². The first-order valence-electron chi connectivity index (χ1n) is 8.08. The van der Waals surface area contributed by atoms with Crippen LogP contribution in [0.1, 0.15) is 42.1 Å². The van der Waals surface area contributed by atoms with E-state index in [0.717, 1.165) is 47.8 Å². The summed E-state index contributed by atoms with van der Waals surface area (Å²) in [6, 6.07) is 2.16. The number of hydrogen-bond acceptors (Lipinski definition) is 3. The zero-order chi connectivity index (χ0) is 16.1. The summed E-state index contributed by atoms with van der Waals surface area (Å²) in [5.41, 5.74) is 4.93. The van der Waals surface area contributed by atoms with Crippen molar-refractivity contribution in [1.82, 2.24) is 20.5 Å². The van der Waals surface area contributed by atoms with Crippen LogP contribution >= 0.6 is 0 Å². The van der Waals surface area contributed by atoms with Crippen LogP contribution in [0.5, 0.6) is 0 Å². The highest BCUT2D eigenvalue weighted by Gasteiger charge is 2.13. The number of hydrogen-bond donors (Lipinski definition) is 2. The van der Waals surface area contributed by atoms with Crippen LogP contribution in [0.25, 0.3) is 5.57 Å². The summed E-state index contributed by atoms with van der Waals surface area (Å²) in [5, 5.41) is 10.4. The minimum absolute atomic E-state index is 0.755. The van der Waals surface area contributed by atoms with Crippen LogP contribution in [0.2, 0.25) is 0 Å². The number of nitrogens with one attached hydrogen (secondary N) is 2. The lowest BCUT2D eigenvalue weighted by Crippen LogP contribution is -2.28. The molecular weight excluding hydrogens is 284 g/mol. The minimum Gasteiger partial charge on any atom is -0.317 e. The third kappa shape index (κ3) is 4.08. The van der Waals surface area contributed by atoms with Crippen molar-refractivity contribution in [1.29, 1.82) is 0 Å². The molecule has 0 atom stereocenters. The van der Waals surface area contributed by atoms with Gasteiger partial charge in [0.05, 0.1) is 17.5 Å². The van der Waals surface area contributed by atoms with Gasteiger partial charge in [-0.15, -0.1) is 0 Å². The molecule has 0 saturated carbocycles. The molecule has 118 valence electrons. The predicted molar refractivity (Wildman–Crippen MR) is 92.8 cm³/mol. The highest BCUT2D eigenvalue weighted by Crippen LogP contribution is 2.18. The maximum Gasteiger partial charge on any atom is 0.0757 e. The Kier molecular flexibility index (Phi) is 4.89. The Labute approximate surface area is 137 Å². The van der Waals surface area contributed by atoms with Crippen LogP contribution in [0, 0.1) is 17.8 Å². The molecule has 1 aliphatic rings. The summed E-state index contributed by atoms with van der Waals surface area (Å²) in [5.74, 6) is 7.12. The van der Waals surface area contributed by atoms with Gasteiger partial charge in [-0.05, 0) is 62.4 Å². The predicted octanol–water partition coefficient (Wildman–Crippen LogP) is 2.78. The van der Waals surface area contributed by atoms with Crippen LogP contribution in [-0.2, 0) is 6.42 Å². The fraction of sp³-hybridized carbons (Fsp3) is 0.368. The van der Waals surface area contributed by atoms with Gasteiger partial charge in [0.2, 0.25) is 0 Å². The summed E-state index contributed by atoms with van der Waals surface area (Å²) in [4.78, 5) is 4.35. The average molecular weight is 306 g/mol. The van der Waals surface area contributed by atoms with E-state index in [1.807, 2.05) is 19.3 Å². The fourth-order valence-electron chi connectivity index (χ4n) is 2.93. The minimum atomic E-state index is 0.755. The van der Waals surface area contributed by atoms with Gasteiger partial charge in [-0.3, -0.25) is 10.1 Å². The molecule has 1 saturated heterocycles. The Balaban J connectivity index is 1.74. The molecule has 0 bridgehead atoms. The number of aromatic amines is 1. The second-order valence-electron chi connectivity index (χ2n) is 6.17. The van der Waals surface area contributed by atoms with Gasteiger partial charge >= 0.3 is 0 Å². The van der Waals surface area contributed by atoms with E-state index in [2.05, 4.69) is 45.0 Å². The largest absolute Gasteiger partial charge is 0.317 e. The lowest BCUT2D eigenvalue weighted by atomic mass is 9.91. The summed E-state index contributed by atoms with van der Waals surface area (Å²) < 4.78 is 0. The highest BCUT2D eigenvalue weighted by molar-refractivity contribution is 5.64. The van der Waals surface area contributed by atoms with Gasteiger partial charge in [0, 0.05) is 18.0 Å². The van der Waals surface area contributed by atoms with Gasteiger partial charge in [-0.25, -0.2) is 0 Å². The van der Waals surface area contributed by atoms with Crippen LogP contribution in [0.4, 0.5) is 0 Å². The number of pyridine rings is 1. The van der Waals surface area contributed by atoms with E-state index in [1.54, 1.807) is 6.20 Å². The first-order valence-corrected chi connectivity index (χ1v) is 8.08. The van der Waals surface area contributed by atoms with Crippen LogP contribution in [-0.4, -0.2) is 28.3 Å². The number of piperidine rings is 1. The van der Waals surface area contributed by atoms with Crippen LogP contribution in [0.3, 0.4) is 0 Å². The van der Waals surface area contributed by atoms with Crippen molar-refractivity contribution in [3.05, 3.63) is 53.6 Å². The average Bonchev–Trinajstić information content (AvgIpc) is 3.03. The monoisotopic (exact) mass is 306 g/mol. The Hall–Kier alpha value is -2.38. The summed E-state index contributed by atoms with van der Waals surface area (Å²) >= 11 is 0. The number of H-pyrrole nitrogens is 1. The first kappa shape index (κ1) is 15.5. The molecule has 2 aromatic rings. The third-order valence-corrected chi connectivity index (χ3v) is 4.19. The van der Waals surface area contributed by atoms with Gasteiger partial charge < -0.3 is 5.32 Å². The molecule has 0 amide bonds. The quantitative estimate of drug-likeness (QED) is 0.857. The topological polar surface area (TPSA) is 53.6 Å². The molecule has 23 heavy (non-hydrogen) atoms. The van der Waals surface area contributed by atoms with E-state index in [1.165, 1.54) is 18.4 Å². The van der Waals surface area contributed by atoms with Crippen molar-refractivity contribution in [3.8, 4) is 11.8 Å². The molecule has 0 aromatic carbocycles. The van der Waals surface area contributed by atoms with Crippen molar-refractivity contribution in [3.63, 3.8) is 0 Å². The molecule has 1 aliphatic heterocycles. The molecule has 0 unspecified atom stereocenters. The first-order chi connectivity index (χ1) is 11.2. The lowest BCUT2D eigenvalue weighted by molar-refractivity contribution is 0.372. The molecule has 0 aliphatic carbocycles. The molecule has 3 heterocycles. The Morgan fingerprint density at radius 2 is 2.09 bits per heavy atom. The molecule has 2 N–H and O–H groups in total. The lowest BCUT2D eigenvalue weighted by Gasteiger charge is -2.22. The number of rotatable bonds is 3. The smallest absolute Gasteiger partial charge is 0.0757 e. The summed E-state index contributed by atoms with van der Waals surface area (Å²) in [6.07, 6.45) is 9.10.